The van der Waals surface area contributed by atoms with Crippen molar-refractivity contribution < 1.29 is 4.39 Å². The lowest BCUT2D eigenvalue weighted by atomic mass is 10.2. The maximum Gasteiger partial charge on any atom is 0.137 e. The Morgan fingerprint density at radius 1 is 1.47 bits per heavy atom. The molecule has 15 heavy (non-hydrogen) atoms. The molecule has 1 unspecified atom stereocenters. The highest BCUT2D eigenvalue weighted by Crippen LogP contribution is 2.20. The summed E-state index contributed by atoms with van der Waals surface area (Å²) in [6.45, 7) is 2.81. The second-order valence-corrected chi connectivity index (χ2v) is 5.06. The Kier molecular flexibility index (Phi) is 5.79. The van der Waals surface area contributed by atoms with Gasteiger partial charge in [0, 0.05) is 17.9 Å². The van der Waals surface area contributed by atoms with Crippen molar-refractivity contribution in [3.05, 3.63) is 34.1 Å². The summed E-state index contributed by atoms with van der Waals surface area (Å²) in [4.78, 5) is 0. The van der Waals surface area contributed by atoms with E-state index < -0.39 is 0 Å². The molecule has 0 heterocycles. The topological polar surface area (TPSA) is 12.0 Å². The highest BCUT2D eigenvalue weighted by atomic mass is 79.9. The molecular weight excluding hydrogens is 325 g/mol. The fourth-order valence-corrected chi connectivity index (χ4v) is 2.33. The molecule has 1 aromatic carbocycles. The molecule has 0 radical (unpaired) electrons. The van der Waals surface area contributed by atoms with Crippen molar-refractivity contribution in [2.45, 2.75) is 25.9 Å². The minimum absolute atomic E-state index is 0.206. The van der Waals surface area contributed by atoms with E-state index in [4.69, 9.17) is 0 Å². The summed E-state index contributed by atoms with van der Waals surface area (Å²) >= 11 is 6.64. The Bertz CT molecular complexity index is 317. The Morgan fingerprint density at radius 2 is 2.20 bits per heavy atom. The molecule has 0 bridgehead atoms. The summed E-state index contributed by atoms with van der Waals surface area (Å²) in [5.74, 6) is -0.206. The molecule has 4 heteroatoms. The molecule has 1 N–H and O–H groups in total. The average molecular weight is 339 g/mol. The molecule has 1 atom stereocenters. The van der Waals surface area contributed by atoms with Crippen molar-refractivity contribution in [1.29, 1.82) is 0 Å². The van der Waals surface area contributed by atoms with Crippen LogP contribution in [0.5, 0.6) is 0 Å². The number of alkyl halides is 1. The van der Waals surface area contributed by atoms with Crippen LogP contribution in [0.2, 0.25) is 0 Å². The lowest BCUT2D eigenvalue weighted by Gasteiger charge is -2.13. The minimum Gasteiger partial charge on any atom is -0.310 e. The first-order valence-corrected chi connectivity index (χ1v) is 6.79. The molecule has 0 fully saturated rings. The predicted octanol–water partition coefficient (Wildman–Crippen LogP) is 3.85. The Balaban J connectivity index is 2.54. The maximum absolute atomic E-state index is 13.2. The first-order chi connectivity index (χ1) is 7.15. The van der Waals surface area contributed by atoms with E-state index in [1.807, 2.05) is 6.07 Å². The van der Waals surface area contributed by atoms with Gasteiger partial charge in [-0.15, -0.1) is 0 Å². The van der Waals surface area contributed by atoms with E-state index in [0.29, 0.717) is 17.1 Å². The van der Waals surface area contributed by atoms with E-state index in [-0.39, 0.29) is 5.82 Å². The van der Waals surface area contributed by atoms with Crippen LogP contribution in [-0.2, 0) is 6.54 Å². The third kappa shape index (κ3) is 4.21. The highest BCUT2D eigenvalue weighted by Gasteiger charge is 2.06. The van der Waals surface area contributed by atoms with Crippen molar-refractivity contribution in [3.8, 4) is 0 Å². The van der Waals surface area contributed by atoms with E-state index in [1.54, 1.807) is 6.07 Å². The third-order valence-electron chi connectivity index (χ3n) is 2.21. The van der Waals surface area contributed by atoms with Gasteiger partial charge in [0.25, 0.3) is 0 Å². The van der Waals surface area contributed by atoms with Gasteiger partial charge in [-0.2, -0.15) is 0 Å². The van der Waals surface area contributed by atoms with E-state index in [2.05, 4.69) is 44.1 Å². The molecule has 1 nitrogen and oxygen atoms in total. The molecule has 0 aromatic heterocycles. The molecule has 1 rings (SSSR count). The first kappa shape index (κ1) is 13.1. The van der Waals surface area contributed by atoms with Crippen molar-refractivity contribution >= 4 is 31.9 Å². The Labute approximate surface area is 107 Å². The van der Waals surface area contributed by atoms with Crippen molar-refractivity contribution in [2.24, 2.45) is 0 Å². The van der Waals surface area contributed by atoms with Crippen molar-refractivity contribution in [1.82, 2.24) is 5.32 Å². The van der Waals surface area contributed by atoms with Crippen LogP contribution >= 0.6 is 31.9 Å². The molecule has 0 aliphatic heterocycles. The summed E-state index contributed by atoms with van der Waals surface area (Å²) in [7, 11) is 0. The minimum atomic E-state index is -0.206. The van der Waals surface area contributed by atoms with Gasteiger partial charge < -0.3 is 5.32 Å². The van der Waals surface area contributed by atoms with Gasteiger partial charge in [-0.3, -0.25) is 0 Å². The SMILES string of the molecule is CC(CCBr)NCc1cccc(F)c1Br. The zero-order valence-corrected chi connectivity index (χ0v) is 11.7. The molecule has 84 valence electrons. The standard InChI is InChI=1S/C11H14Br2FN/c1-8(5-6-12)15-7-9-3-2-4-10(14)11(9)13/h2-4,8,15H,5-7H2,1H3. The predicted molar refractivity (Wildman–Crippen MR) is 68.8 cm³/mol. The number of benzene rings is 1. The van der Waals surface area contributed by atoms with Gasteiger partial charge in [-0.1, -0.05) is 28.1 Å². The van der Waals surface area contributed by atoms with Crippen molar-refractivity contribution in [2.75, 3.05) is 5.33 Å². The maximum atomic E-state index is 13.2. The van der Waals surface area contributed by atoms with Crippen LogP contribution in [0.15, 0.2) is 22.7 Å². The zero-order valence-electron chi connectivity index (χ0n) is 8.56. The molecule has 0 aliphatic carbocycles. The largest absolute Gasteiger partial charge is 0.310 e. The Morgan fingerprint density at radius 3 is 2.87 bits per heavy atom. The molecule has 0 saturated carbocycles. The number of hydrogen-bond donors (Lipinski definition) is 1. The molecule has 0 amide bonds. The smallest absolute Gasteiger partial charge is 0.137 e. The molecular formula is C11H14Br2FN. The van der Waals surface area contributed by atoms with Crippen LogP contribution in [0.1, 0.15) is 18.9 Å². The highest BCUT2D eigenvalue weighted by molar-refractivity contribution is 9.10. The molecule has 1 aromatic rings. The molecule has 0 spiro atoms. The summed E-state index contributed by atoms with van der Waals surface area (Å²) in [5.41, 5.74) is 0.955. The number of halogens is 3. The van der Waals surface area contributed by atoms with Gasteiger partial charge >= 0.3 is 0 Å². The van der Waals surface area contributed by atoms with Crippen LogP contribution in [0.25, 0.3) is 0 Å². The number of hydrogen-bond acceptors (Lipinski definition) is 1. The Hall–Kier alpha value is 0.0700. The fraction of sp³-hybridized carbons (Fsp3) is 0.455. The van der Waals surface area contributed by atoms with Gasteiger partial charge in [0.1, 0.15) is 5.82 Å². The second-order valence-electron chi connectivity index (χ2n) is 3.47. The normalized spacial score (nSPS) is 12.8. The van der Waals surface area contributed by atoms with Gasteiger partial charge in [0.15, 0.2) is 0 Å². The zero-order chi connectivity index (χ0) is 11.3. The van der Waals surface area contributed by atoms with Crippen molar-refractivity contribution in [3.63, 3.8) is 0 Å². The summed E-state index contributed by atoms with van der Waals surface area (Å²) in [5, 5.41) is 4.32. The van der Waals surface area contributed by atoms with Crippen LogP contribution < -0.4 is 5.32 Å². The monoisotopic (exact) mass is 337 g/mol. The summed E-state index contributed by atoms with van der Waals surface area (Å²) < 4.78 is 13.7. The van der Waals surface area contributed by atoms with E-state index in [1.165, 1.54) is 6.07 Å². The van der Waals surface area contributed by atoms with Gasteiger partial charge in [-0.25, -0.2) is 4.39 Å². The van der Waals surface area contributed by atoms with Gasteiger partial charge in [-0.05, 0) is 40.9 Å². The second kappa shape index (κ2) is 6.61. The van der Waals surface area contributed by atoms with E-state index in [9.17, 15) is 4.39 Å². The van der Waals surface area contributed by atoms with Crippen LogP contribution in [0.4, 0.5) is 4.39 Å². The first-order valence-electron chi connectivity index (χ1n) is 4.87. The quantitative estimate of drug-likeness (QED) is 0.804. The van der Waals surface area contributed by atoms with E-state index in [0.717, 1.165) is 17.3 Å². The van der Waals surface area contributed by atoms with Gasteiger partial charge in [0.05, 0.1) is 4.47 Å². The van der Waals surface area contributed by atoms with Crippen LogP contribution in [0, 0.1) is 5.82 Å². The van der Waals surface area contributed by atoms with Gasteiger partial charge in [0.2, 0.25) is 0 Å². The molecule has 0 aliphatic rings. The number of nitrogens with one attached hydrogen (secondary N) is 1. The average Bonchev–Trinajstić information content (AvgIpc) is 2.21. The number of rotatable bonds is 5. The lowest BCUT2D eigenvalue weighted by Crippen LogP contribution is -2.25. The summed E-state index contributed by atoms with van der Waals surface area (Å²) in [6.07, 6.45) is 1.06. The van der Waals surface area contributed by atoms with Crippen LogP contribution in [-0.4, -0.2) is 11.4 Å². The van der Waals surface area contributed by atoms with E-state index >= 15 is 0 Å². The van der Waals surface area contributed by atoms with Crippen LogP contribution in [0.3, 0.4) is 0 Å². The molecule has 0 saturated heterocycles. The summed E-state index contributed by atoms with van der Waals surface area (Å²) in [6, 6.07) is 5.53. The third-order valence-corrected chi connectivity index (χ3v) is 3.56. The lowest BCUT2D eigenvalue weighted by molar-refractivity contribution is 0.534. The fourth-order valence-electron chi connectivity index (χ4n) is 1.23.